The van der Waals surface area contributed by atoms with Crippen molar-refractivity contribution < 1.29 is 18.0 Å². The highest BCUT2D eigenvalue weighted by Gasteiger charge is 2.10. The van der Waals surface area contributed by atoms with Crippen molar-refractivity contribution in [3.05, 3.63) is 47.7 Å². The molecule has 0 fully saturated rings. The van der Waals surface area contributed by atoms with Crippen molar-refractivity contribution in [2.24, 2.45) is 0 Å². The molecule has 0 atom stereocenters. The highest BCUT2D eigenvalue weighted by atomic mass is 19.2. The number of benzene rings is 1. The van der Waals surface area contributed by atoms with Crippen LogP contribution in [-0.2, 0) is 0 Å². The number of furan rings is 1. The van der Waals surface area contributed by atoms with Crippen LogP contribution in [0.15, 0.2) is 34.7 Å². The Kier molecular flexibility index (Phi) is 2.56. The molecule has 0 bridgehead atoms. The van der Waals surface area contributed by atoms with E-state index in [9.17, 15) is 13.6 Å². The summed E-state index contributed by atoms with van der Waals surface area (Å²) in [7, 11) is 0. The number of carbonyl (C=O) groups excluding carboxylic acids is 1. The molecule has 16 heavy (non-hydrogen) atoms. The van der Waals surface area contributed by atoms with E-state index in [4.69, 9.17) is 4.42 Å². The van der Waals surface area contributed by atoms with E-state index in [0.717, 1.165) is 12.1 Å². The highest BCUT2D eigenvalue weighted by Crippen LogP contribution is 2.23. The SMILES string of the molecule is CC(=O)c1ccc(-c2ccc(F)c(F)c2)o1. The van der Waals surface area contributed by atoms with E-state index in [-0.39, 0.29) is 11.5 Å². The maximum absolute atomic E-state index is 12.9. The van der Waals surface area contributed by atoms with Gasteiger partial charge in [-0.05, 0) is 30.3 Å². The predicted molar refractivity (Wildman–Crippen MR) is 54.1 cm³/mol. The number of hydrogen-bond donors (Lipinski definition) is 0. The maximum atomic E-state index is 12.9. The zero-order valence-corrected chi connectivity index (χ0v) is 8.46. The zero-order valence-electron chi connectivity index (χ0n) is 8.46. The molecule has 0 spiro atoms. The Morgan fingerprint density at radius 3 is 2.44 bits per heavy atom. The Morgan fingerprint density at radius 2 is 1.88 bits per heavy atom. The number of Topliss-reactive ketones (excluding diaryl/α,β-unsaturated/α-hetero) is 1. The molecule has 0 saturated heterocycles. The third-order valence-electron chi connectivity index (χ3n) is 2.16. The fourth-order valence-corrected chi connectivity index (χ4v) is 1.33. The van der Waals surface area contributed by atoms with E-state index in [1.807, 2.05) is 0 Å². The fraction of sp³-hybridized carbons (Fsp3) is 0.0833. The summed E-state index contributed by atoms with van der Waals surface area (Å²) < 4.78 is 30.8. The van der Waals surface area contributed by atoms with E-state index < -0.39 is 11.6 Å². The molecular weight excluding hydrogens is 214 g/mol. The zero-order chi connectivity index (χ0) is 11.7. The maximum Gasteiger partial charge on any atom is 0.194 e. The fourth-order valence-electron chi connectivity index (χ4n) is 1.33. The van der Waals surface area contributed by atoms with Gasteiger partial charge in [-0.25, -0.2) is 8.78 Å². The summed E-state index contributed by atoms with van der Waals surface area (Å²) >= 11 is 0. The van der Waals surface area contributed by atoms with Crippen LogP contribution in [0.5, 0.6) is 0 Å². The molecule has 0 N–H and O–H groups in total. The van der Waals surface area contributed by atoms with Gasteiger partial charge in [-0.15, -0.1) is 0 Å². The summed E-state index contributed by atoms with van der Waals surface area (Å²) in [5.74, 6) is -1.54. The summed E-state index contributed by atoms with van der Waals surface area (Å²) in [6, 6.07) is 6.47. The first-order chi connectivity index (χ1) is 7.58. The molecule has 1 aromatic heterocycles. The van der Waals surface area contributed by atoms with Gasteiger partial charge in [0.05, 0.1) is 0 Å². The summed E-state index contributed by atoms with van der Waals surface area (Å²) in [6.45, 7) is 1.37. The average Bonchev–Trinajstić information content (AvgIpc) is 2.71. The molecule has 0 unspecified atom stereocenters. The minimum Gasteiger partial charge on any atom is -0.453 e. The van der Waals surface area contributed by atoms with Crippen LogP contribution in [0.25, 0.3) is 11.3 Å². The monoisotopic (exact) mass is 222 g/mol. The van der Waals surface area contributed by atoms with Crippen LogP contribution in [0.4, 0.5) is 8.78 Å². The topological polar surface area (TPSA) is 30.2 Å². The molecule has 0 amide bonds. The smallest absolute Gasteiger partial charge is 0.194 e. The van der Waals surface area contributed by atoms with Crippen LogP contribution in [0.3, 0.4) is 0 Å². The van der Waals surface area contributed by atoms with Gasteiger partial charge < -0.3 is 4.42 Å². The summed E-state index contributed by atoms with van der Waals surface area (Å²) in [6.07, 6.45) is 0. The van der Waals surface area contributed by atoms with Gasteiger partial charge in [-0.3, -0.25) is 4.79 Å². The lowest BCUT2D eigenvalue weighted by atomic mass is 10.1. The van der Waals surface area contributed by atoms with Crippen molar-refractivity contribution in [3.63, 3.8) is 0 Å². The van der Waals surface area contributed by atoms with E-state index >= 15 is 0 Å². The van der Waals surface area contributed by atoms with Crippen LogP contribution in [0.1, 0.15) is 17.5 Å². The first-order valence-corrected chi connectivity index (χ1v) is 4.64. The van der Waals surface area contributed by atoms with Gasteiger partial charge in [0.15, 0.2) is 23.2 Å². The molecule has 2 rings (SSSR count). The second kappa shape index (κ2) is 3.89. The van der Waals surface area contributed by atoms with Gasteiger partial charge in [0.2, 0.25) is 0 Å². The predicted octanol–water partition coefficient (Wildman–Crippen LogP) is 3.43. The quantitative estimate of drug-likeness (QED) is 0.728. The second-order valence-corrected chi connectivity index (χ2v) is 3.35. The van der Waals surface area contributed by atoms with Crippen LogP contribution < -0.4 is 0 Å². The molecule has 1 aromatic carbocycles. The Balaban J connectivity index is 2.42. The lowest BCUT2D eigenvalue weighted by Gasteiger charge is -1.97. The van der Waals surface area contributed by atoms with E-state index in [1.54, 1.807) is 6.07 Å². The minimum atomic E-state index is -0.946. The molecule has 1 heterocycles. The second-order valence-electron chi connectivity index (χ2n) is 3.35. The van der Waals surface area contributed by atoms with Crippen molar-refractivity contribution >= 4 is 5.78 Å². The molecule has 0 radical (unpaired) electrons. The first kappa shape index (κ1) is 10.5. The van der Waals surface area contributed by atoms with Crippen molar-refractivity contribution in [1.82, 2.24) is 0 Å². The van der Waals surface area contributed by atoms with Crippen LogP contribution in [0.2, 0.25) is 0 Å². The average molecular weight is 222 g/mol. The van der Waals surface area contributed by atoms with Crippen LogP contribution in [0, 0.1) is 11.6 Å². The van der Waals surface area contributed by atoms with Gasteiger partial charge >= 0.3 is 0 Å². The number of halogens is 2. The number of ketones is 1. The van der Waals surface area contributed by atoms with Crippen molar-refractivity contribution in [1.29, 1.82) is 0 Å². The van der Waals surface area contributed by atoms with Gasteiger partial charge in [-0.2, -0.15) is 0 Å². The first-order valence-electron chi connectivity index (χ1n) is 4.64. The van der Waals surface area contributed by atoms with Crippen LogP contribution >= 0.6 is 0 Å². The summed E-state index contributed by atoms with van der Waals surface area (Å²) in [4.78, 5) is 11.0. The summed E-state index contributed by atoms with van der Waals surface area (Å²) in [5.41, 5.74) is 0.395. The third kappa shape index (κ3) is 1.86. The van der Waals surface area contributed by atoms with E-state index in [2.05, 4.69) is 0 Å². The number of rotatable bonds is 2. The number of hydrogen-bond acceptors (Lipinski definition) is 2. The Bertz CT molecular complexity index is 544. The Labute approximate surface area is 90.5 Å². The van der Waals surface area contributed by atoms with Crippen molar-refractivity contribution in [2.45, 2.75) is 6.92 Å². The minimum absolute atomic E-state index is 0.194. The molecular formula is C12H8F2O2. The van der Waals surface area contributed by atoms with Crippen LogP contribution in [-0.4, -0.2) is 5.78 Å². The molecule has 4 heteroatoms. The lowest BCUT2D eigenvalue weighted by Crippen LogP contribution is -1.86. The van der Waals surface area contributed by atoms with Gasteiger partial charge in [-0.1, -0.05) is 0 Å². The van der Waals surface area contributed by atoms with Crippen molar-refractivity contribution in [2.75, 3.05) is 0 Å². The lowest BCUT2D eigenvalue weighted by molar-refractivity contribution is 0.0988. The molecule has 0 aliphatic heterocycles. The Hall–Kier alpha value is -1.97. The van der Waals surface area contributed by atoms with E-state index in [1.165, 1.54) is 19.1 Å². The molecule has 2 nitrogen and oxygen atoms in total. The highest BCUT2D eigenvalue weighted by molar-refractivity contribution is 5.91. The largest absolute Gasteiger partial charge is 0.453 e. The number of carbonyl (C=O) groups is 1. The Morgan fingerprint density at radius 1 is 1.12 bits per heavy atom. The van der Waals surface area contributed by atoms with E-state index in [0.29, 0.717) is 11.3 Å². The molecule has 0 aliphatic rings. The molecule has 0 saturated carbocycles. The van der Waals surface area contributed by atoms with Crippen molar-refractivity contribution in [3.8, 4) is 11.3 Å². The normalized spacial score (nSPS) is 10.4. The summed E-state index contributed by atoms with van der Waals surface area (Å²) in [5, 5.41) is 0. The third-order valence-corrected chi connectivity index (χ3v) is 2.16. The molecule has 2 aromatic rings. The molecule has 82 valence electrons. The molecule has 0 aliphatic carbocycles. The van der Waals surface area contributed by atoms with Gasteiger partial charge in [0.1, 0.15) is 5.76 Å². The van der Waals surface area contributed by atoms with Gasteiger partial charge in [0, 0.05) is 12.5 Å². The van der Waals surface area contributed by atoms with Gasteiger partial charge in [0.25, 0.3) is 0 Å². The standard InChI is InChI=1S/C12H8F2O2/c1-7(15)11-4-5-12(16-11)8-2-3-9(13)10(14)6-8/h2-6H,1H3.